The van der Waals surface area contributed by atoms with Crippen molar-refractivity contribution in [3.63, 3.8) is 0 Å². The molecule has 0 atom stereocenters. The molecule has 66 valence electrons. The molecule has 0 radical (unpaired) electrons. The summed E-state index contributed by atoms with van der Waals surface area (Å²) in [7, 11) is 3.09. The third-order valence-corrected chi connectivity index (χ3v) is 1.58. The summed E-state index contributed by atoms with van der Waals surface area (Å²) >= 11 is 0. The van der Waals surface area contributed by atoms with Crippen LogP contribution in [0.5, 0.6) is 0 Å². The first-order valence-electron chi connectivity index (χ1n) is 3.48. The first-order chi connectivity index (χ1) is 5.65. The van der Waals surface area contributed by atoms with Crippen molar-refractivity contribution >= 4 is 11.4 Å². The van der Waals surface area contributed by atoms with Crippen LogP contribution in [0, 0.1) is 5.82 Å². The van der Waals surface area contributed by atoms with Crippen LogP contribution >= 0.6 is 0 Å². The lowest BCUT2D eigenvalue weighted by atomic mass is 10.3. The van der Waals surface area contributed by atoms with E-state index < -0.39 is 0 Å². The van der Waals surface area contributed by atoms with Crippen LogP contribution < -0.4 is 10.8 Å². The van der Waals surface area contributed by atoms with Gasteiger partial charge in [0, 0.05) is 12.7 Å². The van der Waals surface area contributed by atoms with E-state index in [4.69, 9.17) is 10.6 Å². The summed E-state index contributed by atoms with van der Waals surface area (Å²) in [5, 5.41) is 1.33. The van der Waals surface area contributed by atoms with Crippen molar-refractivity contribution < 1.29 is 9.23 Å². The maximum absolute atomic E-state index is 13.1. The summed E-state index contributed by atoms with van der Waals surface area (Å²) in [6.07, 6.45) is 0. The number of hydrogen-bond donors (Lipinski definition) is 1. The van der Waals surface area contributed by atoms with Crippen molar-refractivity contribution in [2.24, 2.45) is 0 Å². The molecule has 0 heterocycles. The van der Waals surface area contributed by atoms with Gasteiger partial charge in [0.15, 0.2) is 5.82 Å². The van der Waals surface area contributed by atoms with Crippen molar-refractivity contribution in [2.75, 3.05) is 25.0 Å². The molecular weight excluding hydrogens is 159 g/mol. The second-order valence-corrected chi connectivity index (χ2v) is 2.39. The van der Waals surface area contributed by atoms with E-state index in [-0.39, 0.29) is 5.82 Å². The lowest BCUT2D eigenvalue weighted by Crippen LogP contribution is -2.16. The average molecular weight is 170 g/mol. The number of nitrogens with zero attached hydrogens (tertiary/aromatic N) is 1. The monoisotopic (exact) mass is 170 g/mol. The minimum atomic E-state index is -0.389. The van der Waals surface area contributed by atoms with Crippen molar-refractivity contribution in [2.45, 2.75) is 0 Å². The average Bonchev–Trinajstić information content (AvgIpc) is 2.03. The van der Waals surface area contributed by atoms with Crippen molar-refractivity contribution in [3.8, 4) is 0 Å². The molecular formula is C8H11FN2O. The number of nitrogen functional groups attached to an aromatic ring is 1. The van der Waals surface area contributed by atoms with E-state index in [0.29, 0.717) is 11.4 Å². The molecule has 0 amide bonds. The number of benzene rings is 1. The minimum Gasteiger partial charge on any atom is -0.399 e. The smallest absolute Gasteiger partial charge is 0.150 e. The number of halogens is 1. The molecule has 0 fully saturated rings. The lowest BCUT2D eigenvalue weighted by Gasteiger charge is -2.16. The Hall–Kier alpha value is -1.29. The maximum atomic E-state index is 13.1. The summed E-state index contributed by atoms with van der Waals surface area (Å²) in [6, 6.07) is 4.44. The van der Waals surface area contributed by atoms with Crippen LogP contribution in [0.2, 0.25) is 0 Å². The standard InChI is InChI=1S/C8H11FN2O/c1-11(12-2)8-4-3-6(10)5-7(8)9/h3-5H,10H2,1-2H3. The summed E-state index contributed by atoms with van der Waals surface area (Å²) in [4.78, 5) is 4.81. The second-order valence-electron chi connectivity index (χ2n) is 2.39. The molecule has 0 spiro atoms. The molecule has 2 N–H and O–H groups in total. The number of rotatable bonds is 2. The van der Waals surface area contributed by atoms with Crippen molar-refractivity contribution in [3.05, 3.63) is 24.0 Å². The van der Waals surface area contributed by atoms with Gasteiger partial charge in [0.1, 0.15) is 0 Å². The van der Waals surface area contributed by atoms with E-state index >= 15 is 0 Å². The molecule has 0 aliphatic rings. The SMILES string of the molecule is CON(C)c1ccc(N)cc1F. The van der Waals surface area contributed by atoms with Crippen LogP contribution in [0.25, 0.3) is 0 Å². The summed E-state index contributed by atoms with van der Waals surface area (Å²) in [5.74, 6) is -0.389. The van der Waals surface area contributed by atoms with Crippen LogP contribution in [0.3, 0.4) is 0 Å². The molecule has 4 heteroatoms. The molecule has 12 heavy (non-hydrogen) atoms. The molecule has 0 bridgehead atoms. The van der Waals surface area contributed by atoms with Gasteiger partial charge in [0.05, 0.1) is 12.8 Å². The molecule has 1 rings (SSSR count). The van der Waals surface area contributed by atoms with Gasteiger partial charge < -0.3 is 5.73 Å². The predicted molar refractivity (Wildman–Crippen MR) is 46.2 cm³/mol. The zero-order valence-corrected chi connectivity index (χ0v) is 7.04. The van der Waals surface area contributed by atoms with Crippen LogP contribution in [-0.2, 0) is 4.84 Å². The quantitative estimate of drug-likeness (QED) is 0.538. The third kappa shape index (κ3) is 1.65. The Morgan fingerprint density at radius 1 is 1.50 bits per heavy atom. The molecule has 0 aliphatic heterocycles. The molecule has 0 saturated heterocycles. The predicted octanol–water partition coefficient (Wildman–Crippen LogP) is 1.41. The highest BCUT2D eigenvalue weighted by Crippen LogP contribution is 2.19. The fourth-order valence-corrected chi connectivity index (χ4v) is 0.877. The van der Waals surface area contributed by atoms with E-state index in [9.17, 15) is 4.39 Å². The van der Waals surface area contributed by atoms with Crippen LogP contribution in [0.1, 0.15) is 0 Å². The molecule has 0 aromatic heterocycles. The summed E-state index contributed by atoms with van der Waals surface area (Å²) < 4.78 is 13.1. The molecule has 1 aromatic carbocycles. The first-order valence-corrected chi connectivity index (χ1v) is 3.48. The number of anilines is 2. The van der Waals surface area contributed by atoms with E-state index in [1.807, 2.05) is 0 Å². The zero-order valence-electron chi connectivity index (χ0n) is 7.04. The molecule has 0 aliphatic carbocycles. The van der Waals surface area contributed by atoms with E-state index in [2.05, 4.69) is 0 Å². The first kappa shape index (κ1) is 8.80. The molecule has 0 saturated carbocycles. The topological polar surface area (TPSA) is 38.5 Å². The molecule has 3 nitrogen and oxygen atoms in total. The number of nitrogens with two attached hydrogens (primary N) is 1. The van der Waals surface area contributed by atoms with Gasteiger partial charge in [0.25, 0.3) is 0 Å². The summed E-state index contributed by atoms with van der Waals surface area (Å²) in [6.45, 7) is 0. The largest absolute Gasteiger partial charge is 0.399 e. The maximum Gasteiger partial charge on any atom is 0.150 e. The fraction of sp³-hybridized carbons (Fsp3) is 0.250. The normalized spacial score (nSPS) is 9.92. The second kappa shape index (κ2) is 3.40. The minimum absolute atomic E-state index is 0.367. The van der Waals surface area contributed by atoms with Gasteiger partial charge in [0.2, 0.25) is 0 Å². The highest BCUT2D eigenvalue weighted by Gasteiger charge is 2.05. The molecule has 0 unspecified atom stereocenters. The Kier molecular flexibility index (Phi) is 2.50. The van der Waals surface area contributed by atoms with Gasteiger partial charge in [-0.15, -0.1) is 0 Å². The van der Waals surface area contributed by atoms with Crippen LogP contribution in [0.15, 0.2) is 18.2 Å². The molecule has 1 aromatic rings. The van der Waals surface area contributed by atoms with E-state index in [1.54, 1.807) is 19.2 Å². The Bertz CT molecular complexity index is 278. The Balaban J connectivity index is 3.01. The number of hydroxylamine groups is 1. The van der Waals surface area contributed by atoms with Gasteiger partial charge >= 0.3 is 0 Å². The van der Waals surface area contributed by atoms with Gasteiger partial charge in [-0.2, -0.15) is 0 Å². The Labute approximate surface area is 70.5 Å². The zero-order chi connectivity index (χ0) is 9.14. The third-order valence-electron chi connectivity index (χ3n) is 1.58. The Morgan fingerprint density at radius 2 is 2.17 bits per heavy atom. The van der Waals surface area contributed by atoms with Crippen molar-refractivity contribution in [1.29, 1.82) is 0 Å². The Morgan fingerprint density at radius 3 is 2.67 bits per heavy atom. The van der Waals surface area contributed by atoms with E-state index in [1.165, 1.54) is 18.2 Å². The highest BCUT2D eigenvalue weighted by molar-refractivity contribution is 5.52. The number of hydrogen-bond acceptors (Lipinski definition) is 3. The van der Waals surface area contributed by atoms with Crippen LogP contribution in [-0.4, -0.2) is 14.2 Å². The van der Waals surface area contributed by atoms with Crippen molar-refractivity contribution in [1.82, 2.24) is 0 Å². The van der Waals surface area contributed by atoms with Gasteiger partial charge in [-0.05, 0) is 18.2 Å². The van der Waals surface area contributed by atoms with Gasteiger partial charge in [-0.3, -0.25) is 9.90 Å². The fourth-order valence-electron chi connectivity index (χ4n) is 0.877. The summed E-state index contributed by atoms with van der Waals surface area (Å²) in [5.41, 5.74) is 6.14. The van der Waals surface area contributed by atoms with Crippen LogP contribution in [0.4, 0.5) is 15.8 Å². The van der Waals surface area contributed by atoms with Gasteiger partial charge in [-0.1, -0.05) is 0 Å². The van der Waals surface area contributed by atoms with Gasteiger partial charge in [-0.25, -0.2) is 4.39 Å². The lowest BCUT2D eigenvalue weighted by molar-refractivity contribution is 0.182. The highest BCUT2D eigenvalue weighted by atomic mass is 19.1. The van der Waals surface area contributed by atoms with E-state index in [0.717, 1.165) is 0 Å².